The minimum Gasteiger partial charge on any atom is -0.387 e. The van der Waals surface area contributed by atoms with E-state index in [1.165, 1.54) is 20.1 Å². The van der Waals surface area contributed by atoms with Crippen LogP contribution in [0, 0.1) is 11.8 Å². The number of aliphatic hydroxyl groups is 2. The van der Waals surface area contributed by atoms with Gasteiger partial charge < -0.3 is 30.9 Å². The van der Waals surface area contributed by atoms with Crippen molar-refractivity contribution in [1.29, 1.82) is 0 Å². The van der Waals surface area contributed by atoms with Crippen molar-refractivity contribution >= 4 is 38.8 Å². The number of rotatable bonds is 4. The van der Waals surface area contributed by atoms with Crippen molar-refractivity contribution in [2.24, 2.45) is 0 Å². The molecule has 16 heteroatoms. The Kier molecular flexibility index (Phi) is 7.11. The van der Waals surface area contributed by atoms with Gasteiger partial charge in [0.2, 0.25) is 15.8 Å². The van der Waals surface area contributed by atoms with Crippen molar-refractivity contribution in [2.75, 3.05) is 44.7 Å². The van der Waals surface area contributed by atoms with Gasteiger partial charge in [-0.25, -0.2) is 23.4 Å². The highest BCUT2D eigenvalue weighted by Gasteiger charge is 2.47. The molecule has 2 aromatic rings. The van der Waals surface area contributed by atoms with Gasteiger partial charge in [0.1, 0.15) is 17.7 Å². The number of hydrogen-bond donors (Lipinski definition) is 4. The summed E-state index contributed by atoms with van der Waals surface area (Å²) >= 11 is 0. The molecule has 0 saturated carbocycles. The van der Waals surface area contributed by atoms with Crippen LogP contribution in [0.2, 0.25) is 0 Å². The first-order valence-electron chi connectivity index (χ1n) is 11.1. The molecule has 4 rings (SSSR count). The largest absolute Gasteiger partial charge is 0.387 e. The zero-order chi connectivity index (χ0) is 26.2. The smallest absolute Gasteiger partial charge is 0.299 e. The minimum absolute atomic E-state index is 0.0365. The number of piperazine rings is 1. The van der Waals surface area contributed by atoms with Crippen LogP contribution in [0.25, 0.3) is 11.2 Å². The van der Waals surface area contributed by atoms with Crippen molar-refractivity contribution in [2.45, 2.75) is 31.5 Å². The molecule has 0 aromatic carbocycles. The van der Waals surface area contributed by atoms with Gasteiger partial charge in [0.15, 0.2) is 23.8 Å². The van der Waals surface area contributed by atoms with E-state index in [0.717, 1.165) is 6.26 Å². The number of ether oxygens (including phenoxy) is 1. The summed E-state index contributed by atoms with van der Waals surface area (Å²) in [7, 11) is -3.33. The Labute approximate surface area is 206 Å². The number of likely N-dealkylation sites (N-methyl/N-ethyl adjacent to an activating group) is 1. The number of amides is 2. The van der Waals surface area contributed by atoms with Crippen LogP contribution in [-0.4, -0.2) is 116 Å². The quantitative estimate of drug-likeness (QED) is 0.291. The van der Waals surface area contributed by atoms with Gasteiger partial charge in [-0.15, -0.1) is 0 Å². The summed E-state index contributed by atoms with van der Waals surface area (Å²) < 4.78 is 31.5. The fraction of sp³-hybridized carbons (Fsp3) is 0.550. The molecule has 0 aliphatic carbocycles. The van der Waals surface area contributed by atoms with E-state index in [1.54, 1.807) is 6.92 Å². The van der Waals surface area contributed by atoms with Crippen LogP contribution in [0.4, 0.5) is 5.82 Å². The Morgan fingerprint density at radius 2 is 1.92 bits per heavy atom. The number of hydrogen-bond acceptors (Lipinski definition) is 11. The lowest BCUT2D eigenvalue weighted by Crippen LogP contribution is -2.50. The second-order valence-electron chi connectivity index (χ2n) is 8.28. The van der Waals surface area contributed by atoms with Crippen LogP contribution in [0.15, 0.2) is 6.33 Å². The molecular weight excluding hydrogens is 496 g/mol. The van der Waals surface area contributed by atoms with Gasteiger partial charge in [-0.2, -0.15) is 4.31 Å². The predicted molar refractivity (Wildman–Crippen MR) is 124 cm³/mol. The van der Waals surface area contributed by atoms with Gasteiger partial charge in [-0.3, -0.25) is 14.2 Å². The Bertz CT molecular complexity index is 1340. The summed E-state index contributed by atoms with van der Waals surface area (Å²) in [5.74, 6) is 3.75. The van der Waals surface area contributed by atoms with Gasteiger partial charge in [0.25, 0.3) is 11.8 Å². The highest BCUT2D eigenvalue weighted by Crippen LogP contribution is 2.32. The highest BCUT2D eigenvalue weighted by atomic mass is 32.2. The SMILES string of the molecule is CCNC(=O)[C@H]1O[C@@H](n2cnc3c(N)nc(C#CC(=O)N4CCN(S(C)(=O)=O)CC4)nc32)C(O)C1O. The first-order valence-corrected chi connectivity index (χ1v) is 12.9. The molecule has 2 fully saturated rings. The predicted octanol–water partition coefficient (Wildman–Crippen LogP) is -3.38. The molecule has 4 atom stereocenters. The first kappa shape index (κ1) is 25.7. The van der Waals surface area contributed by atoms with Crippen LogP contribution >= 0.6 is 0 Å². The molecular formula is C20H26N8O7S. The number of carbonyl (C=O) groups is 2. The number of sulfonamides is 1. The van der Waals surface area contributed by atoms with Crippen LogP contribution in [0.1, 0.15) is 19.0 Å². The lowest BCUT2D eigenvalue weighted by Gasteiger charge is -2.31. The van der Waals surface area contributed by atoms with Crippen molar-refractivity contribution in [3.63, 3.8) is 0 Å². The molecule has 2 unspecified atom stereocenters. The van der Waals surface area contributed by atoms with Gasteiger partial charge in [0, 0.05) is 38.6 Å². The number of fused-ring (bicyclic) bond motifs is 1. The number of imidazole rings is 1. The fourth-order valence-electron chi connectivity index (χ4n) is 3.97. The second kappa shape index (κ2) is 9.95. The molecule has 194 valence electrons. The third-order valence-electron chi connectivity index (χ3n) is 5.85. The van der Waals surface area contributed by atoms with Crippen molar-refractivity contribution in [3.8, 4) is 11.8 Å². The number of nitrogens with zero attached hydrogens (tertiary/aromatic N) is 6. The van der Waals surface area contributed by atoms with E-state index in [0.29, 0.717) is 6.54 Å². The Balaban J connectivity index is 1.55. The second-order valence-corrected chi connectivity index (χ2v) is 10.3. The van der Waals surface area contributed by atoms with E-state index in [9.17, 15) is 28.2 Å². The Morgan fingerprint density at radius 1 is 1.22 bits per heavy atom. The normalized spacial score (nSPS) is 24.9. The maximum Gasteiger partial charge on any atom is 0.299 e. The van der Waals surface area contributed by atoms with Gasteiger partial charge in [0.05, 0.1) is 12.6 Å². The average molecular weight is 523 g/mol. The molecule has 4 heterocycles. The number of anilines is 1. The lowest BCUT2D eigenvalue weighted by atomic mass is 10.1. The van der Waals surface area contributed by atoms with Crippen LogP contribution in [0.5, 0.6) is 0 Å². The first-order chi connectivity index (χ1) is 17.0. The number of nitrogens with one attached hydrogen (secondary N) is 1. The van der Waals surface area contributed by atoms with Crippen molar-refractivity contribution < 1.29 is 33.0 Å². The molecule has 2 aliphatic heterocycles. The Hall–Kier alpha value is -3.36. The van der Waals surface area contributed by atoms with E-state index < -0.39 is 46.4 Å². The van der Waals surface area contributed by atoms with Crippen LogP contribution < -0.4 is 11.1 Å². The lowest BCUT2D eigenvalue weighted by molar-refractivity contribution is -0.137. The molecule has 15 nitrogen and oxygen atoms in total. The molecule has 2 saturated heterocycles. The number of nitrogen functional groups attached to an aromatic ring is 1. The van der Waals surface area contributed by atoms with Crippen LogP contribution in [-0.2, 0) is 24.3 Å². The average Bonchev–Trinajstić information content (AvgIpc) is 3.38. The van der Waals surface area contributed by atoms with Gasteiger partial charge >= 0.3 is 0 Å². The zero-order valence-corrected chi connectivity index (χ0v) is 20.3. The summed E-state index contributed by atoms with van der Waals surface area (Å²) in [5, 5.41) is 23.3. The maximum absolute atomic E-state index is 12.5. The van der Waals surface area contributed by atoms with Crippen molar-refractivity contribution in [3.05, 3.63) is 12.2 Å². The van der Waals surface area contributed by atoms with Crippen LogP contribution in [0.3, 0.4) is 0 Å². The topological polar surface area (TPSA) is 206 Å². The monoisotopic (exact) mass is 522 g/mol. The molecule has 2 aliphatic rings. The van der Waals surface area contributed by atoms with E-state index in [2.05, 4.69) is 32.1 Å². The summed E-state index contributed by atoms with van der Waals surface area (Å²) in [5.41, 5.74) is 6.28. The number of aliphatic hydroxyl groups excluding tert-OH is 2. The molecule has 0 bridgehead atoms. The molecule has 0 radical (unpaired) electrons. The van der Waals surface area contributed by atoms with Crippen molar-refractivity contribution in [1.82, 2.24) is 34.0 Å². The van der Waals surface area contributed by atoms with Gasteiger partial charge in [-0.05, 0) is 12.8 Å². The summed E-state index contributed by atoms with van der Waals surface area (Å²) in [4.78, 5) is 38.5. The van der Waals surface area contributed by atoms with E-state index in [1.807, 2.05) is 0 Å². The standard InChI is InChI=1S/C20H26N8O7S/c1-3-22-19(32)16-14(30)15(31)20(35-16)28-10-23-13-17(21)24-11(25-18(13)28)4-5-12(29)26-6-8-27(9-7-26)36(2,33)34/h10,14-16,20,30-31H,3,6-9H2,1-2H3,(H,22,32)(H2,21,24,25)/t14?,15?,16-,20+/m0/s1. The highest BCUT2D eigenvalue weighted by molar-refractivity contribution is 7.88. The molecule has 0 spiro atoms. The summed E-state index contributed by atoms with van der Waals surface area (Å²) in [6, 6.07) is 0. The number of aromatic nitrogens is 4. The van der Waals surface area contributed by atoms with E-state index in [4.69, 9.17) is 10.5 Å². The molecule has 36 heavy (non-hydrogen) atoms. The van der Waals surface area contributed by atoms with E-state index >= 15 is 0 Å². The van der Waals surface area contributed by atoms with Gasteiger partial charge in [-0.1, -0.05) is 0 Å². The maximum atomic E-state index is 12.5. The summed E-state index contributed by atoms with van der Waals surface area (Å²) in [6.07, 6.45) is -3.06. The molecule has 2 amide bonds. The third kappa shape index (κ3) is 4.96. The Morgan fingerprint density at radius 3 is 2.56 bits per heavy atom. The molecule has 2 aromatic heterocycles. The summed E-state index contributed by atoms with van der Waals surface area (Å²) in [6.45, 7) is 2.77. The minimum atomic E-state index is -3.33. The van der Waals surface area contributed by atoms with E-state index in [-0.39, 0.29) is 49.0 Å². The molecule has 5 N–H and O–H groups in total. The number of nitrogens with two attached hydrogens (primary N) is 1. The third-order valence-corrected chi connectivity index (χ3v) is 7.15. The number of carbonyl (C=O) groups excluding carboxylic acids is 2. The zero-order valence-electron chi connectivity index (χ0n) is 19.5. The fourth-order valence-corrected chi connectivity index (χ4v) is 4.80.